The van der Waals surface area contributed by atoms with Gasteiger partial charge in [-0.1, -0.05) is 0 Å². The maximum atomic E-state index is 11.1. The van der Waals surface area contributed by atoms with Crippen LogP contribution in [0.5, 0.6) is 0 Å². The van der Waals surface area contributed by atoms with E-state index in [1.807, 2.05) is 18.3 Å². The highest BCUT2D eigenvalue weighted by Crippen LogP contribution is 2.06. The second-order valence-corrected chi connectivity index (χ2v) is 3.78. The summed E-state index contributed by atoms with van der Waals surface area (Å²) in [5.41, 5.74) is 0.797. The van der Waals surface area contributed by atoms with Gasteiger partial charge in [-0.2, -0.15) is 5.10 Å². The molecule has 2 aromatic heterocycles. The van der Waals surface area contributed by atoms with Crippen molar-refractivity contribution in [1.29, 1.82) is 0 Å². The van der Waals surface area contributed by atoms with Gasteiger partial charge in [-0.05, 0) is 19.4 Å². The summed E-state index contributed by atoms with van der Waals surface area (Å²) in [7, 11) is 0. The van der Waals surface area contributed by atoms with E-state index >= 15 is 0 Å². The number of carbonyl (C=O) groups excluding carboxylic acids is 1. The Balaban J connectivity index is 1.77. The standard InChI is InChI=1S/C12H16N4O2/c1-2-18-12(17)4-3-7-13-10-6-9-16-11(15-10)5-8-14-16/h5-6,8-9H,2-4,7H2,1H3,(H,13,15). The number of ether oxygens (including phenoxy) is 1. The van der Waals surface area contributed by atoms with Crippen LogP contribution in [0, 0.1) is 0 Å². The van der Waals surface area contributed by atoms with E-state index in [2.05, 4.69) is 15.4 Å². The molecule has 0 amide bonds. The van der Waals surface area contributed by atoms with Crippen LogP contribution in [0.25, 0.3) is 5.65 Å². The van der Waals surface area contributed by atoms with E-state index in [9.17, 15) is 4.79 Å². The molecule has 0 aliphatic carbocycles. The number of fused-ring (bicyclic) bond motifs is 1. The van der Waals surface area contributed by atoms with E-state index in [0.29, 0.717) is 19.6 Å². The number of hydrogen-bond donors (Lipinski definition) is 1. The summed E-state index contributed by atoms with van der Waals surface area (Å²) in [6, 6.07) is 3.69. The molecule has 2 aromatic rings. The van der Waals surface area contributed by atoms with E-state index in [-0.39, 0.29) is 5.97 Å². The number of anilines is 1. The smallest absolute Gasteiger partial charge is 0.305 e. The lowest BCUT2D eigenvalue weighted by molar-refractivity contribution is -0.143. The molecule has 0 saturated carbocycles. The molecule has 2 heterocycles. The van der Waals surface area contributed by atoms with E-state index in [1.54, 1.807) is 17.6 Å². The number of carbonyl (C=O) groups is 1. The number of rotatable bonds is 6. The number of esters is 1. The quantitative estimate of drug-likeness (QED) is 0.619. The molecule has 0 unspecified atom stereocenters. The fourth-order valence-electron chi connectivity index (χ4n) is 1.59. The molecule has 0 aliphatic heterocycles. The number of nitrogens with one attached hydrogen (secondary N) is 1. The molecule has 6 nitrogen and oxygen atoms in total. The van der Waals surface area contributed by atoms with Crippen molar-refractivity contribution in [3.8, 4) is 0 Å². The zero-order chi connectivity index (χ0) is 12.8. The van der Waals surface area contributed by atoms with Crippen LogP contribution >= 0.6 is 0 Å². The minimum Gasteiger partial charge on any atom is -0.466 e. The average molecular weight is 248 g/mol. The zero-order valence-corrected chi connectivity index (χ0v) is 10.3. The third-order valence-corrected chi connectivity index (χ3v) is 2.43. The van der Waals surface area contributed by atoms with Gasteiger partial charge >= 0.3 is 5.97 Å². The second-order valence-electron chi connectivity index (χ2n) is 3.78. The van der Waals surface area contributed by atoms with Gasteiger partial charge in [0, 0.05) is 25.2 Å². The second kappa shape index (κ2) is 6.00. The van der Waals surface area contributed by atoms with Gasteiger partial charge in [-0.15, -0.1) is 0 Å². The highest BCUT2D eigenvalue weighted by Gasteiger charge is 2.01. The predicted molar refractivity (Wildman–Crippen MR) is 67.3 cm³/mol. The van der Waals surface area contributed by atoms with Gasteiger partial charge in [-0.25, -0.2) is 9.50 Å². The summed E-state index contributed by atoms with van der Waals surface area (Å²) in [6.45, 7) is 2.93. The fraction of sp³-hybridized carbons (Fsp3) is 0.417. The van der Waals surface area contributed by atoms with Crippen LogP contribution < -0.4 is 5.32 Å². The van der Waals surface area contributed by atoms with Gasteiger partial charge in [0.05, 0.1) is 12.8 Å². The first-order chi connectivity index (χ1) is 8.79. The molecule has 1 N–H and O–H groups in total. The molecule has 2 rings (SSSR count). The molecule has 0 radical (unpaired) electrons. The third-order valence-electron chi connectivity index (χ3n) is 2.43. The lowest BCUT2D eigenvalue weighted by Gasteiger charge is -2.05. The first kappa shape index (κ1) is 12.3. The van der Waals surface area contributed by atoms with Crippen LogP contribution in [0.2, 0.25) is 0 Å². The summed E-state index contributed by atoms with van der Waals surface area (Å²) < 4.78 is 6.55. The maximum absolute atomic E-state index is 11.1. The first-order valence-corrected chi connectivity index (χ1v) is 5.99. The molecule has 6 heteroatoms. The van der Waals surface area contributed by atoms with Crippen molar-refractivity contribution in [3.63, 3.8) is 0 Å². The monoisotopic (exact) mass is 248 g/mol. The van der Waals surface area contributed by atoms with Gasteiger partial charge in [0.2, 0.25) is 0 Å². The van der Waals surface area contributed by atoms with Gasteiger partial charge in [0.15, 0.2) is 5.65 Å². The number of aromatic nitrogens is 3. The minimum atomic E-state index is -0.154. The van der Waals surface area contributed by atoms with Crippen molar-refractivity contribution in [2.75, 3.05) is 18.5 Å². The van der Waals surface area contributed by atoms with Crippen molar-refractivity contribution >= 4 is 17.4 Å². The predicted octanol–water partition coefficient (Wildman–Crippen LogP) is 1.48. The third kappa shape index (κ3) is 3.19. The Bertz CT molecular complexity index is 524. The molecular formula is C12H16N4O2. The normalized spacial score (nSPS) is 10.5. The lowest BCUT2D eigenvalue weighted by atomic mass is 10.3. The van der Waals surface area contributed by atoms with Crippen LogP contribution in [0.15, 0.2) is 24.5 Å². The zero-order valence-electron chi connectivity index (χ0n) is 10.3. The van der Waals surface area contributed by atoms with Crippen molar-refractivity contribution in [3.05, 3.63) is 24.5 Å². The summed E-state index contributed by atoms with van der Waals surface area (Å²) in [5, 5.41) is 7.23. The van der Waals surface area contributed by atoms with Gasteiger partial charge in [-0.3, -0.25) is 4.79 Å². The number of nitrogens with zero attached hydrogens (tertiary/aromatic N) is 3. The Labute approximate surface area is 105 Å². The summed E-state index contributed by atoms with van der Waals surface area (Å²) in [4.78, 5) is 15.5. The Morgan fingerprint density at radius 3 is 3.22 bits per heavy atom. The highest BCUT2D eigenvalue weighted by molar-refractivity contribution is 5.69. The average Bonchev–Trinajstić information content (AvgIpc) is 2.82. The SMILES string of the molecule is CCOC(=O)CCCNc1ccn2nccc2n1. The molecular weight excluding hydrogens is 232 g/mol. The molecule has 96 valence electrons. The highest BCUT2D eigenvalue weighted by atomic mass is 16.5. The van der Waals surface area contributed by atoms with Crippen molar-refractivity contribution < 1.29 is 9.53 Å². The van der Waals surface area contributed by atoms with Crippen LogP contribution in [0.1, 0.15) is 19.8 Å². The molecule has 0 aromatic carbocycles. The summed E-state index contributed by atoms with van der Waals surface area (Å²) in [5.74, 6) is 0.630. The maximum Gasteiger partial charge on any atom is 0.305 e. The largest absolute Gasteiger partial charge is 0.466 e. The first-order valence-electron chi connectivity index (χ1n) is 5.99. The van der Waals surface area contributed by atoms with Crippen molar-refractivity contribution in [2.24, 2.45) is 0 Å². The molecule has 0 bridgehead atoms. The van der Waals surface area contributed by atoms with Crippen molar-refractivity contribution in [1.82, 2.24) is 14.6 Å². The topological polar surface area (TPSA) is 68.5 Å². The fourth-order valence-corrected chi connectivity index (χ4v) is 1.59. The minimum absolute atomic E-state index is 0.154. The van der Waals surface area contributed by atoms with E-state index in [4.69, 9.17) is 4.74 Å². The Kier molecular flexibility index (Phi) is 4.11. The lowest BCUT2D eigenvalue weighted by Crippen LogP contribution is -2.09. The van der Waals surface area contributed by atoms with Crippen LogP contribution in [-0.4, -0.2) is 33.7 Å². The molecule has 0 atom stereocenters. The van der Waals surface area contributed by atoms with E-state index in [1.165, 1.54) is 0 Å². The van der Waals surface area contributed by atoms with Gasteiger partial charge < -0.3 is 10.1 Å². The van der Waals surface area contributed by atoms with Gasteiger partial charge in [0.25, 0.3) is 0 Å². The van der Waals surface area contributed by atoms with Crippen LogP contribution in [0.3, 0.4) is 0 Å². The molecule has 0 spiro atoms. The van der Waals surface area contributed by atoms with E-state index < -0.39 is 0 Å². The molecule has 0 fully saturated rings. The van der Waals surface area contributed by atoms with E-state index in [0.717, 1.165) is 17.9 Å². The van der Waals surface area contributed by atoms with Crippen LogP contribution in [0.4, 0.5) is 5.82 Å². The Hall–Kier alpha value is -2.11. The van der Waals surface area contributed by atoms with Crippen LogP contribution in [-0.2, 0) is 9.53 Å². The van der Waals surface area contributed by atoms with Gasteiger partial charge in [0.1, 0.15) is 5.82 Å². The number of hydrogen-bond acceptors (Lipinski definition) is 5. The summed E-state index contributed by atoms with van der Waals surface area (Å²) in [6.07, 6.45) is 4.70. The molecule has 0 aliphatic rings. The molecule has 0 saturated heterocycles. The van der Waals surface area contributed by atoms with Crippen molar-refractivity contribution in [2.45, 2.75) is 19.8 Å². The Morgan fingerprint density at radius 1 is 1.50 bits per heavy atom. The molecule has 18 heavy (non-hydrogen) atoms. The summed E-state index contributed by atoms with van der Waals surface area (Å²) >= 11 is 0. The Morgan fingerprint density at radius 2 is 2.39 bits per heavy atom.